The van der Waals surface area contributed by atoms with Gasteiger partial charge in [-0.2, -0.15) is 0 Å². The van der Waals surface area contributed by atoms with Gasteiger partial charge in [-0.1, -0.05) is 6.42 Å². The van der Waals surface area contributed by atoms with Gasteiger partial charge in [0.25, 0.3) is 0 Å². The van der Waals surface area contributed by atoms with E-state index in [1.807, 2.05) is 0 Å². The van der Waals surface area contributed by atoms with Crippen LogP contribution in [0.15, 0.2) is 0 Å². The van der Waals surface area contributed by atoms with Gasteiger partial charge < -0.3 is 15.4 Å². The molecule has 0 spiro atoms. The van der Waals surface area contributed by atoms with Crippen molar-refractivity contribution in [2.45, 2.75) is 57.2 Å². The predicted molar refractivity (Wildman–Crippen MR) is 82.0 cm³/mol. The lowest BCUT2D eigenvalue weighted by Gasteiger charge is -2.33. The third-order valence-electron chi connectivity index (χ3n) is 5.32. The molecule has 3 rings (SSSR count). The van der Waals surface area contributed by atoms with Crippen molar-refractivity contribution < 1.29 is 4.74 Å². The number of hydrogen-bond donors (Lipinski definition) is 2. The quantitative estimate of drug-likeness (QED) is 0.794. The largest absolute Gasteiger partial charge is 0.379 e. The van der Waals surface area contributed by atoms with Gasteiger partial charge in [-0.25, -0.2) is 0 Å². The molecule has 2 N–H and O–H groups in total. The summed E-state index contributed by atoms with van der Waals surface area (Å²) >= 11 is 0. The van der Waals surface area contributed by atoms with Gasteiger partial charge in [0.15, 0.2) is 0 Å². The van der Waals surface area contributed by atoms with Gasteiger partial charge in [-0.3, -0.25) is 4.90 Å². The van der Waals surface area contributed by atoms with Crippen molar-refractivity contribution in [2.75, 3.05) is 39.4 Å². The number of nitrogens with one attached hydrogen (secondary N) is 2. The van der Waals surface area contributed by atoms with E-state index < -0.39 is 0 Å². The molecule has 3 fully saturated rings. The highest BCUT2D eigenvalue weighted by Gasteiger charge is 2.35. The zero-order valence-corrected chi connectivity index (χ0v) is 12.9. The summed E-state index contributed by atoms with van der Waals surface area (Å²) in [5.74, 6) is 0.865. The molecular weight excluding hydrogens is 250 g/mol. The SMILES string of the molecule is CC(CN1CCOCC1)NC1CCCC1C1CCCN1. The molecule has 0 bridgehead atoms. The highest BCUT2D eigenvalue weighted by Crippen LogP contribution is 2.32. The van der Waals surface area contributed by atoms with Crippen LogP contribution in [-0.2, 0) is 4.74 Å². The minimum atomic E-state index is 0.597. The molecule has 2 heterocycles. The van der Waals surface area contributed by atoms with Gasteiger partial charge in [-0.05, 0) is 45.1 Å². The van der Waals surface area contributed by atoms with Crippen LogP contribution in [0.1, 0.15) is 39.0 Å². The number of rotatable bonds is 5. The highest BCUT2D eigenvalue weighted by atomic mass is 16.5. The van der Waals surface area contributed by atoms with E-state index in [1.165, 1.54) is 45.2 Å². The van der Waals surface area contributed by atoms with Crippen molar-refractivity contribution in [1.29, 1.82) is 0 Å². The second-order valence-electron chi connectivity index (χ2n) is 6.88. The number of ether oxygens (including phenoxy) is 1. The Labute approximate surface area is 123 Å². The van der Waals surface area contributed by atoms with E-state index in [0.29, 0.717) is 6.04 Å². The van der Waals surface area contributed by atoms with E-state index in [9.17, 15) is 0 Å². The summed E-state index contributed by atoms with van der Waals surface area (Å²) in [6.45, 7) is 8.78. The third kappa shape index (κ3) is 3.73. The van der Waals surface area contributed by atoms with Crippen molar-refractivity contribution in [3.05, 3.63) is 0 Å². The minimum Gasteiger partial charge on any atom is -0.379 e. The Balaban J connectivity index is 1.45. The van der Waals surface area contributed by atoms with E-state index in [0.717, 1.165) is 44.3 Å². The molecule has 4 nitrogen and oxygen atoms in total. The fraction of sp³-hybridized carbons (Fsp3) is 1.00. The summed E-state index contributed by atoms with van der Waals surface area (Å²) < 4.78 is 5.43. The molecule has 20 heavy (non-hydrogen) atoms. The summed E-state index contributed by atoms with van der Waals surface area (Å²) in [6, 6.07) is 2.12. The van der Waals surface area contributed by atoms with Crippen molar-refractivity contribution in [2.24, 2.45) is 5.92 Å². The van der Waals surface area contributed by atoms with Crippen LogP contribution in [0, 0.1) is 5.92 Å². The van der Waals surface area contributed by atoms with E-state index in [4.69, 9.17) is 4.74 Å². The lowest BCUT2D eigenvalue weighted by atomic mass is 9.92. The van der Waals surface area contributed by atoms with Crippen LogP contribution in [0.2, 0.25) is 0 Å². The monoisotopic (exact) mass is 281 g/mol. The molecule has 116 valence electrons. The van der Waals surface area contributed by atoms with Gasteiger partial charge in [-0.15, -0.1) is 0 Å². The normalized spacial score (nSPS) is 37.4. The van der Waals surface area contributed by atoms with Crippen molar-refractivity contribution >= 4 is 0 Å². The van der Waals surface area contributed by atoms with Crippen LogP contribution >= 0.6 is 0 Å². The van der Waals surface area contributed by atoms with Gasteiger partial charge in [0.05, 0.1) is 13.2 Å². The standard InChI is InChI=1S/C16H31N3O/c1-13(12-19-8-10-20-11-9-19)18-16-5-2-4-14(16)15-6-3-7-17-15/h13-18H,2-12H2,1H3. The van der Waals surface area contributed by atoms with E-state index in [1.54, 1.807) is 0 Å². The molecule has 1 aliphatic carbocycles. The van der Waals surface area contributed by atoms with Gasteiger partial charge >= 0.3 is 0 Å². The Morgan fingerprint density at radius 1 is 1.20 bits per heavy atom. The molecule has 0 aromatic rings. The second-order valence-corrected chi connectivity index (χ2v) is 6.88. The lowest BCUT2D eigenvalue weighted by Crippen LogP contribution is -2.50. The summed E-state index contributed by atoms with van der Waals surface area (Å²) in [6.07, 6.45) is 6.96. The maximum Gasteiger partial charge on any atom is 0.0594 e. The fourth-order valence-corrected chi connectivity index (χ4v) is 4.34. The summed E-state index contributed by atoms with van der Waals surface area (Å²) in [7, 11) is 0. The first kappa shape index (κ1) is 14.8. The fourth-order valence-electron chi connectivity index (χ4n) is 4.34. The Morgan fingerprint density at radius 3 is 2.80 bits per heavy atom. The average Bonchev–Trinajstić information content (AvgIpc) is 3.10. The molecule has 0 aromatic heterocycles. The van der Waals surface area contributed by atoms with Crippen LogP contribution in [0.3, 0.4) is 0 Å². The van der Waals surface area contributed by atoms with Gasteiger partial charge in [0.2, 0.25) is 0 Å². The summed E-state index contributed by atoms with van der Waals surface area (Å²) in [4.78, 5) is 2.54. The molecule has 4 atom stereocenters. The third-order valence-corrected chi connectivity index (χ3v) is 5.32. The maximum atomic E-state index is 5.43. The predicted octanol–water partition coefficient (Wildman–Crippen LogP) is 1.22. The van der Waals surface area contributed by atoms with Gasteiger partial charge in [0.1, 0.15) is 0 Å². The first-order valence-corrected chi connectivity index (χ1v) is 8.62. The lowest BCUT2D eigenvalue weighted by molar-refractivity contribution is 0.0334. The minimum absolute atomic E-state index is 0.597. The molecule has 4 heteroatoms. The maximum absolute atomic E-state index is 5.43. The molecule has 3 aliphatic rings. The Bertz CT molecular complexity index is 287. The van der Waals surface area contributed by atoms with Crippen LogP contribution in [0.4, 0.5) is 0 Å². The Morgan fingerprint density at radius 2 is 2.05 bits per heavy atom. The number of hydrogen-bond acceptors (Lipinski definition) is 4. The Hall–Kier alpha value is -0.160. The second kappa shape index (κ2) is 7.21. The zero-order valence-electron chi connectivity index (χ0n) is 12.9. The number of nitrogens with zero attached hydrogens (tertiary/aromatic N) is 1. The average molecular weight is 281 g/mol. The van der Waals surface area contributed by atoms with E-state index in [2.05, 4.69) is 22.5 Å². The van der Waals surface area contributed by atoms with Crippen LogP contribution in [-0.4, -0.2) is 62.4 Å². The molecular formula is C16H31N3O. The smallest absolute Gasteiger partial charge is 0.0594 e. The molecule has 0 radical (unpaired) electrons. The molecule has 2 aliphatic heterocycles. The van der Waals surface area contributed by atoms with Crippen molar-refractivity contribution in [1.82, 2.24) is 15.5 Å². The molecule has 1 saturated carbocycles. The molecule has 0 aromatic carbocycles. The van der Waals surface area contributed by atoms with Gasteiger partial charge in [0, 0.05) is 37.8 Å². The summed E-state index contributed by atoms with van der Waals surface area (Å²) in [5.41, 5.74) is 0. The van der Waals surface area contributed by atoms with Crippen LogP contribution in [0.25, 0.3) is 0 Å². The Kier molecular flexibility index (Phi) is 5.32. The van der Waals surface area contributed by atoms with Crippen molar-refractivity contribution in [3.8, 4) is 0 Å². The first-order chi connectivity index (χ1) is 9.83. The van der Waals surface area contributed by atoms with Crippen molar-refractivity contribution in [3.63, 3.8) is 0 Å². The topological polar surface area (TPSA) is 36.5 Å². The number of morpholine rings is 1. The highest BCUT2D eigenvalue weighted by molar-refractivity contribution is 4.94. The van der Waals surface area contributed by atoms with Crippen LogP contribution in [0.5, 0.6) is 0 Å². The van der Waals surface area contributed by atoms with E-state index in [-0.39, 0.29) is 0 Å². The molecule has 4 unspecified atom stereocenters. The first-order valence-electron chi connectivity index (χ1n) is 8.62. The summed E-state index contributed by atoms with van der Waals surface area (Å²) in [5, 5.41) is 7.65. The zero-order chi connectivity index (χ0) is 13.8. The van der Waals surface area contributed by atoms with E-state index >= 15 is 0 Å². The molecule has 0 amide bonds. The molecule has 2 saturated heterocycles. The van der Waals surface area contributed by atoms with Crippen LogP contribution < -0.4 is 10.6 Å².